The normalized spacial score (nSPS) is 15.9. The molecule has 0 spiro atoms. The van der Waals surface area contributed by atoms with E-state index in [4.69, 9.17) is 21.4 Å². The molecule has 0 unspecified atom stereocenters. The average molecular weight is 345 g/mol. The summed E-state index contributed by atoms with van der Waals surface area (Å²) in [6, 6.07) is 11.9. The van der Waals surface area contributed by atoms with Gasteiger partial charge in [-0.15, -0.1) is 0 Å². The zero-order valence-electron chi connectivity index (χ0n) is 13.8. The first kappa shape index (κ1) is 16.8. The Hall–Kier alpha value is -2.05. The van der Waals surface area contributed by atoms with Gasteiger partial charge in [-0.05, 0) is 74.5 Å². The lowest BCUT2D eigenvalue weighted by Crippen LogP contribution is -2.38. The number of nitrogens with one attached hydrogen (secondary N) is 2. The van der Waals surface area contributed by atoms with Crippen molar-refractivity contribution in [3.8, 4) is 5.75 Å². The van der Waals surface area contributed by atoms with Gasteiger partial charge in [0.2, 0.25) is 0 Å². The highest BCUT2D eigenvalue weighted by Gasteiger charge is 2.25. The molecule has 0 bridgehead atoms. The molecule has 1 aromatic heterocycles. The molecule has 1 saturated heterocycles. The van der Waals surface area contributed by atoms with Crippen LogP contribution in [0.1, 0.15) is 24.6 Å². The van der Waals surface area contributed by atoms with E-state index in [0.29, 0.717) is 5.11 Å². The van der Waals surface area contributed by atoms with Crippen LogP contribution in [-0.2, 0) is 0 Å². The molecule has 3 rings (SSSR count). The number of ether oxygens (including phenoxy) is 1. The number of hydrogen-bond acceptors (Lipinski definition) is 4. The largest absolute Gasteiger partial charge is 0.497 e. The van der Waals surface area contributed by atoms with Gasteiger partial charge in [-0.2, -0.15) is 0 Å². The van der Waals surface area contributed by atoms with Crippen molar-refractivity contribution in [3.63, 3.8) is 0 Å². The van der Waals surface area contributed by atoms with Crippen LogP contribution in [0.4, 0.5) is 5.69 Å². The van der Waals surface area contributed by atoms with Crippen molar-refractivity contribution >= 4 is 23.0 Å². The number of furan rings is 1. The summed E-state index contributed by atoms with van der Waals surface area (Å²) in [6.45, 7) is 2.92. The van der Waals surface area contributed by atoms with Crippen LogP contribution in [0.3, 0.4) is 0 Å². The smallest absolute Gasteiger partial charge is 0.170 e. The van der Waals surface area contributed by atoms with Gasteiger partial charge < -0.3 is 19.8 Å². The molecule has 1 aliphatic rings. The fraction of sp³-hybridized carbons (Fsp3) is 0.389. The van der Waals surface area contributed by atoms with E-state index in [1.54, 1.807) is 13.4 Å². The molecule has 2 heterocycles. The van der Waals surface area contributed by atoms with E-state index < -0.39 is 0 Å². The summed E-state index contributed by atoms with van der Waals surface area (Å²) in [5.41, 5.74) is 0.934. The second-order valence-corrected chi connectivity index (χ2v) is 6.25. The summed E-state index contributed by atoms with van der Waals surface area (Å²) in [4.78, 5) is 2.45. The molecule has 0 saturated carbocycles. The van der Waals surface area contributed by atoms with Gasteiger partial charge >= 0.3 is 0 Å². The van der Waals surface area contributed by atoms with Gasteiger partial charge in [0, 0.05) is 12.2 Å². The number of methoxy groups -OCH3 is 1. The maximum Gasteiger partial charge on any atom is 0.170 e. The first-order valence-corrected chi connectivity index (χ1v) is 8.63. The lowest BCUT2D eigenvalue weighted by Gasteiger charge is -2.26. The number of anilines is 1. The van der Waals surface area contributed by atoms with Crippen molar-refractivity contribution in [3.05, 3.63) is 48.4 Å². The third-order valence-corrected chi connectivity index (χ3v) is 4.50. The summed E-state index contributed by atoms with van der Waals surface area (Å²) in [7, 11) is 1.65. The standard InChI is InChI=1S/C18H23N3O2S/c1-22-15-8-6-14(7-9-15)20-18(24)19-13-16(17-5-4-12-23-17)21-10-2-3-11-21/h4-9,12,16H,2-3,10-11,13H2,1H3,(H2,19,20,24)/t16-/m1/s1. The topological polar surface area (TPSA) is 49.7 Å². The van der Waals surface area contributed by atoms with Gasteiger partial charge in [0.25, 0.3) is 0 Å². The Bertz CT molecular complexity index is 637. The predicted octanol–water partition coefficient (Wildman–Crippen LogP) is 3.41. The van der Waals surface area contributed by atoms with Gasteiger partial charge in [-0.3, -0.25) is 4.90 Å². The molecule has 5 nitrogen and oxygen atoms in total. The molecule has 0 radical (unpaired) electrons. The van der Waals surface area contributed by atoms with Gasteiger partial charge in [0.1, 0.15) is 11.5 Å². The molecular formula is C18H23N3O2S. The Kier molecular flexibility index (Phi) is 5.72. The number of likely N-dealkylation sites (tertiary alicyclic amines) is 1. The molecule has 1 aliphatic heterocycles. The van der Waals surface area contributed by atoms with E-state index in [1.165, 1.54) is 12.8 Å². The highest BCUT2D eigenvalue weighted by molar-refractivity contribution is 7.80. The Morgan fingerprint density at radius 3 is 2.62 bits per heavy atom. The maximum absolute atomic E-state index is 5.62. The summed E-state index contributed by atoms with van der Waals surface area (Å²) in [6.07, 6.45) is 4.21. The third kappa shape index (κ3) is 4.27. The summed E-state index contributed by atoms with van der Waals surface area (Å²) < 4.78 is 10.8. The van der Waals surface area contributed by atoms with Crippen molar-refractivity contribution in [2.24, 2.45) is 0 Å². The molecule has 2 N–H and O–H groups in total. The molecule has 1 fully saturated rings. The molecule has 24 heavy (non-hydrogen) atoms. The third-order valence-electron chi connectivity index (χ3n) is 4.26. The van der Waals surface area contributed by atoms with Crippen LogP contribution in [0.2, 0.25) is 0 Å². The zero-order valence-corrected chi connectivity index (χ0v) is 14.6. The number of rotatable bonds is 6. The van der Waals surface area contributed by atoms with Crippen molar-refractivity contribution in [2.75, 3.05) is 32.1 Å². The van der Waals surface area contributed by atoms with Crippen LogP contribution in [0.25, 0.3) is 0 Å². The number of thiocarbonyl (C=S) groups is 1. The second kappa shape index (κ2) is 8.17. The highest BCUT2D eigenvalue weighted by atomic mass is 32.1. The number of nitrogens with zero attached hydrogens (tertiary/aromatic N) is 1. The quantitative estimate of drug-likeness (QED) is 0.783. The van der Waals surface area contributed by atoms with Gasteiger partial charge in [0.15, 0.2) is 5.11 Å². The second-order valence-electron chi connectivity index (χ2n) is 5.84. The van der Waals surface area contributed by atoms with E-state index in [9.17, 15) is 0 Å². The van der Waals surface area contributed by atoms with Crippen LogP contribution in [0.5, 0.6) is 5.75 Å². The van der Waals surface area contributed by atoms with Crippen LogP contribution in [0.15, 0.2) is 47.1 Å². The fourth-order valence-electron chi connectivity index (χ4n) is 2.98. The highest BCUT2D eigenvalue weighted by Crippen LogP contribution is 2.25. The van der Waals surface area contributed by atoms with E-state index in [1.807, 2.05) is 36.4 Å². The van der Waals surface area contributed by atoms with Crippen molar-refractivity contribution in [2.45, 2.75) is 18.9 Å². The van der Waals surface area contributed by atoms with Gasteiger partial charge in [0.05, 0.1) is 19.4 Å². The van der Waals surface area contributed by atoms with E-state index >= 15 is 0 Å². The average Bonchev–Trinajstić information content (AvgIpc) is 3.30. The van der Waals surface area contributed by atoms with E-state index in [0.717, 1.165) is 36.8 Å². The maximum atomic E-state index is 5.62. The number of hydrogen-bond donors (Lipinski definition) is 2. The SMILES string of the molecule is COc1ccc(NC(=S)NC[C@H](c2ccco2)N2CCCC2)cc1. The van der Waals surface area contributed by atoms with Crippen LogP contribution in [0, 0.1) is 0 Å². The predicted molar refractivity (Wildman–Crippen MR) is 99.5 cm³/mol. The fourth-order valence-corrected chi connectivity index (χ4v) is 3.18. The summed E-state index contributed by atoms with van der Waals surface area (Å²) in [5.74, 6) is 1.81. The van der Waals surface area contributed by atoms with Gasteiger partial charge in [-0.25, -0.2) is 0 Å². The minimum absolute atomic E-state index is 0.207. The Morgan fingerprint density at radius 1 is 1.25 bits per heavy atom. The van der Waals surface area contributed by atoms with Crippen LogP contribution in [-0.4, -0.2) is 36.8 Å². The first-order valence-electron chi connectivity index (χ1n) is 8.22. The van der Waals surface area contributed by atoms with Crippen LogP contribution < -0.4 is 15.4 Å². The molecule has 6 heteroatoms. The molecule has 2 aromatic rings. The lowest BCUT2D eigenvalue weighted by molar-refractivity contribution is 0.216. The first-order chi connectivity index (χ1) is 11.8. The zero-order chi connectivity index (χ0) is 16.8. The van der Waals surface area contributed by atoms with Crippen molar-refractivity contribution < 1.29 is 9.15 Å². The van der Waals surface area contributed by atoms with E-state index in [2.05, 4.69) is 15.5 Å². The summed E-state index contributed by atoms with van der Waals surface area (Å²) >= 11 is 5.42. The van der Waals surface area contributed by atoms with Crippen molar-refractivity contribution in [1.82, 2.24) is 10.2 Å². The number of benzene rings is 1. The molecule has 0 aliphatic carbocycles. The van der Waals surface area contributed by atoms with Crippen molar-refractivity contribution in [1.29, 1.82) is 0 Å². The Balaban J connectivity index is 1.56. The summed E-state index contributed by atoms with van der Waals surface area (Å²) in [5, 5.41) is 7.12. The monoisotopic (exact) mass is 345 g/mol. The Morgan fingerprint density at radius 2 is 2.00 bits per heavy atom. The molecular weight excluding hydrogens is 322 g/mol. The van der Waals surface area contributed by atoms with Gasteiger partial charge in [-0.1, -0.05) is 0 Å². The molecule has 0 amide bonds. The lowest BCUT2D eigenvalue weighted by atomic mass is 10.2. The molecule has 1 aromatic carbocycles. The minimum Gasteiger partial charge on any atom is -0.497 e. The molecule has 1 atom stereocenters. The van der Waals surface area contributed by atoms with E-state index in [-0.39, 0.29) is 6.04 Å². The minimum atomic E-state index is 0.207. The van der Waals surface area contributed by atoms with Crippen LogP contribution >= 0.6 is 12.2 Å². The Labute approximate surface area is 148 Å². The molecule has 128 valence electrons.